The molecule has 2 rings (SSSR count). The molecule has 8 heteroatoms. The fraction of sp³-hybridized carbons (Fsp3) is 0.231. The Morgan fingerprint density at radius 1 is 0.559 bits per heavy atom. The van der Waals surface area contributed by atoms with Crippen molar-refractivity contribution in [1.82, 2.24) is 0 Å². The average molecular weight is 466 g/mol. The van der Waals surface area contributed by atoms with Gasteiger partial charge in [0, 0.05) is 27.7 Å². The molecule has 2 unspecified atom stereocenters. The maximum absolute atomic E-state index is 11.8. The highest BCUT2D eigenvalue weighted by molar-refractivity contribution is 5.70. The summed E-state index contributed by atoms with van der Waals surface area (Å²) in [5.74, 6) is -1.39. The van der Waals surface area contributed by atoms with E-state index in [-0.39, 0.29) is 0 Å². The second kappa shape index (κ2) is 11.6. The molecule has 0 fully saturated rings. The molecule has 0 aliphatic heterocycles. The normalized spacial score (nSPS) is 12.0. The van der Waals surface area contributed by atoms with Crippen molar-refractivity contribution >= 4 is 23.9 Å². The topological polar surface area (TPSA) is 105 Å². The summed E-state index contributed by atoms with van der Waals surface area (Å²) in [7, 11) is 0. The van der Waals surface area contributed by atoms with Crippen LogP contribution in [0.3, 0.4) is 0 Å². The van der Waals surface area contributed by atoms with Gasteiger partial charge in [-0.2, -0.15) is 0 Å². The van der Waals surface area contributed by atoms with Crippen LogP contribution in [0.25, 0.3) is 0 Å². The minimum absolute atomic E-state index is 0.297. The van der Waals surface area contributed by atoms with Crippen molar-refractivity contribution in [3.8, 4) is 11.5 Å². The van der Waals surface area contributed by atoms with Gasteiger partial charge in [-0.05, 0) is 46.5 Å². The zero-order valence-corrected chi connectivity index (χ0v) is 19.5. The maximum atomic E-state index is 11.8. The Bertz CT molecular complexity index is 1010. The van der Waals surface area contributed by atoms with E-state index in [0.29, 0.717) is 33.8 Å². The molecule has 2 aromatic carbocycles. The summed E-state index contributed by atoms with van der Waals surface area (Å²) in [4.78, 5) is 46.0. The van der Waals surface area contributed by atoms with E-state index in [1.54, 1.807) is 48.5 Å². The van der Waals surface area contributed by atoms with Crippen LogP contribution in [0.15, 0.2) is 72.8 Å². The van der Waals surface area contributed by atoms with Crippen molar-refractivity contribution in [2.24, 2.45) is 0 Å². The molecule has 0 saturated carbocycles. The van der Waals surface area contributed by atoms with Crippen LogP contribution in [0.4, 0.5) is 0 Å². The quantitative estimate of drug-likeness (QED) is 0.301. The fourth-order valence-corrected chi connectivity index (χ4v) is 3.10. The van der Waals surface area contributed by atoms with E-state index >= 15 is 0 Å². The first-order valence-electron chi connectivity index (χ1n) is 10.3. The molecule has 0 heterocycles. The molecule has 0 spiro atoms. The summed E-state index contributed by atoms with van der Waals surface area (Å²) >= 11 is 0. The van der Waals surface area contributed by atoms with E-state index in [0.717, 1.165) is 0 Å². The lowest BCUT2D eigenvalue weighted by Gasteiger charge is -2.26. The highest BCUT2D eigenvalue weighted by Gasteiger charge is 2.28. The third-order valence-corrected chi connectivity index (χ3v) is 4.50. The molecule has 0 N–H and O–H groups in total. The van der Waals surface area contributed by atoms with Gasteiger partial charge in [-0.3, -0.25) is 19.2 Å². The lowest BCUT2D eigenvalue weighted by molar-refractivity contribution is -0.147. The van der Waals surface area contributed by atoms with Crippen LogP contribution in [0, 0.1) is 0 Å². The molecular weight excluding hydrogens is 440 g/mol. The van der Waals surface area contributed by atoms with Crippen molar-refractivity contribution in [2.45, 2.75) is 39.9 Å². The Labute approximate surface area is 197 Å². The minimum atomic E-state index is -0.935. The predicted molar refractivity (Wildman–Crippen MR) is 123 cm³/mol. The molecule has 0 aliphatic rings. The second-order valence-corrected chi connectivity index (χ2v) is 7.35. The summed E-state index contributed by atoms with van der Waals surface area (Å²) in [5, 5.41) is 0. The summed E-state index contributed by atoms with van der Waals surface area (Å²) in [6, 6.07) is 12.7. The Hall–Kier alpha value is -4.20. The molecule has 0 aliphatic carbocycles. The van der Waals surface area contributed by atoms with E-state index < -0.39 is 36.1 Å². The molecule has 0 amide bonds. The van der Waals surface area contributed by atoms with Gasteiger partial charge in [0.25, 0.3) is 0 Å². The molecule has 0 aromatic heterocycles. The largest absolute Gasteiger partial charge is 0.453 e. The third-order valence-electron chi connectivity index (χ3n) is 4.50. The molecule has 178 valence electrons. The van der Waals surface area contributed by atoms with Gasteiger partial charge >= 0.3 is 23.9 Å². The van der Waals surface area contributed by atoms with Gasteiger partial charge < -0.3 is 18.9 Å². The SMILES string of the molecule is C=C(C(=C)C(OC(C)=O)c1ccc(OC(C)=O)cc1)C(OC(C)=O)c1ccc(OC(C)=O)cc1. The highest BCUT2D eigenvalue weighted by atomic mass is 16.6. The van der Waals surface area contributed by atoms with Crippen LogP contribution in [0.5, 0.6) is 11.5 Å². The number of benzene rings is 2. The number of carbonyl (C=O) groups excluding carboxylic acids is 4. The lowest BCUT2D eigenvalue weighted by Crippen LogP contribution is -2.17. The molecule has 0 bridgehead atoms. The number of hydrogen-bond acceptors (Lipinski definition) is 8. The molecule has 2 atom stereocenters. The van der Waals surface area contributed by atoms with Gasteiger partial charge in [-0.15, -0.1) is 0 Å². The van der Waals surface area contributed by atoms with Crippen LogP contribution in [0.2, 0.25) is 0 Å². The van der Waals surface area contributed by atoms with Crippen molar-refractivity contribution in [3.63, 3.8) is 0 Å². The Kier molecular flexibility index (Phi) is 8.89. The first-order valence-corrected chi connectivity index (χ1v) is 10.3. The summed E-state index contributed by atoms with van der Waals surface area (Å²) in [6.07, 6.45) is -1.87. The van der Waals surface area contributed by atoms with Crippen molar-refractivity contribution in [1.29, 1.82) is 0 Å². The van der Waals surface area contributed by atoms with Crippen LogP contribution in [0.1, 0.15) is 51.0 Å². The number of esters is 4. The fourth-order valence-electron chi connectivity index (χ4n) is 3.10. The Morgan fingerprint density at radius 3 is 1.09 bits per heavy atom. The number of hydrogen-bond donors (Lipinski definition) is 0. The monoisotopic (exact) mass is 466 g/mol. The lowest BCUT2D eigenvalue weighted by atomic mass is 9.91. The van der Waals surface area contributed by atoms with E-state index in [1.165, 1.54) is 27.7 Å². The van der Waals surface area contributed by atoms with Crippen LogP contribution in [-0.2, 0) is 28.7 Å². The van der Waals surface area contributed by atoms with E-state index in [4.69, 9.17) is 18.9 Å². The van der Waals surface area contributed by atoms with Gasteiger partial charge in [0.1, 0.15) is 11.5 Å². The standard InChI is InChI=1S/C26H26O8/c1-15(25(33-19(5)29)21-7-11-23(12-8-21)31-17(3)27)16(2)26(34-20(6)30)22-9-13-24(14-10-22)32-18(4)28/h7-14,25-26H,1-2H2,3-6H3. The molecular formula is C26H26O8. The Morgan fingerprint density at radius 2 is 0.853 bits per heavy atom. The van der Waals surface area contributed by atoms with Crippen molar-refractivity contribution in [2.75, 3.05) is 0 Å². The van der Waals surface area contributed by atoms with E-state index in [9.17, 15) is 19.2 Å². The van der Waals surface area contributed by atoms with Crippen molar-refractivity contribution < 1.29 is 38.1 Å². The first kappa shape index (κ1) is 26.1. The third kappa shape index (κ3) is 7.44. The van der Waals surface area contributed by atoms with Crippen LogP contribution < -0.4 is 9.47 Å². The minimum Gasteiger partial charge on any atom is -0.453 e. The van der Waals surface area contributed by atoms with Gasteiger partial charge in [0.15, 0.2) is 12.2 Å². The zero-order valence-electron chi connectivity index (χ0n) is 19.5. The highest BCUT2D eigenvalue weighted by Crippen LogP contribution is 2.38. The predicted octanol–water partition coefficient (Wildman–Crippen LogP) is 4.56. The van der Waals surface area contributed by atoms with Crippen LogP contribution in [-0.4, -0.2) is 23.9 Å². The van der Waals surface area contributed by atoms with E-state index in [1.807, 2.05) is 0 Å². The summed E-state index contributed by atoms with van der Waals surface area (Å²) in [6.45, 7) is 13.2. The van der Waals surface area contributed by atoms with Gasteiger partial charge in [0.2, 0.25) is 0 Å². The first-order chi connectivity index (χ1) is 16.0. The Balaban J connectivity index is 2.37. The number of rotatable bonds is 9. The summed E-state index contributed by atoms with van der Waals surface area (Å²) in [5.41, 5.74) is 1.68. The zero-order chi connectivity index (χ0) is 25.4. The molecule has 34 heavy (non-hydrogen) atoms. The molecule has 0 radical (unpaired) electrons. The molecule has 2 aromatic rings. The average Bonchev–Trinajstić information content (AvgIpc) is 2.75. The number of ether oxygens (including phenoxy) is 4. The molecule has 0 saturated heterocycles. The van der Waals surface area contributed by atoms with Gasteiger partial charge in [-0.1, -0.05) is 37.4 Å². The second-order valence-electron chi connectivity index (χ2n) is 7.35. The van der Waals surface area contributed by atoms with Gasteiger partial charge in [0.05, 0.1) is 0 Å². The van der Waals surface area contributed by atoms with Crippen LogP contribution >= 0.6 is 0 Å². The number of carbonyl (C=O) groups is 4. The van der Waals surface area contributed by atoms with Crippen molar-refractivity contribution in [3.05, 3.63) is 84.0 Å². The molecule has 8 nitrogen and oxygen atoms in total. The smallest absolute Gasteiger partial charge is 0.308 e. The van der Waals surface area contributed by atoms with E-state index in [2.05, 4.69) is 13.2 Å². The summed E-state index contributed by atoms with van der Waals surface area (Å²) < 4.78 is 21.1. The maximum Gasteiger partial charge on any atom is 0.308 e. The van der Waals surface area contributed by atoms with Gasteiger partial charge in [-0.25, -0.2) is 0 Å².